The molecule has 9 atom stereocenters. The van der Waals surface area contributed by atoms with Gasteiger partial charge in [0, 0.05) is 38.9 Å². The number of aromatic hydroxyl groups is 15. The van der Waals surface area contributed by atoms with Crippen LogP contribution in [0.1, 0.15) is 63.3 Å². The molecule has 6 aliphatic rings. The maximum absolute atomic E-state index is 15.5. The number of ether oxygens (including phenoxy) is 6. The number of phenols is 15. The monoisotopic (exact) mass is 1070 g/mol. The van der Waals surface area contributed by atoms with Gasteiger partial charge in [0.2, 0.25) is 34.5 Å². The van der Waals surface area contributed by atoms with E-state index in [1.165, 1.54) is 0 Å². The fourth-order valence-corrected chi connectivity index (χ4v) is 9.99. The van der Waals surface area contributed by atoms with Crippen LogP contribution in [0.4, 0.5) is 0 Å². The second-order valence-corrected chi connectivity index (χ2v) is 17.6. The molecule has 1 fully saturated rings. The van der Waals surface area contributed by atoms with Crippen LogP contribution in [0.3, 0.4) is 0 Å². The summed E-state index contributed by atoms with van der Waals surface area (Å²) in [6.45, 7) is -2.84. The van der Waals surface area contributed by atoms with Gasteiger partial charge in [-0.2, -0.15) is 0 Å². The number of carbonyl (C=O) groups excluding carboxylic acids is 5. The van der Waals surface area contributed by atoms with Crippen molar-refractivity contribution < 1.29 is 149 Å². The van der Waals surface area contributed by atoms with E-state index in [4.69, 9.17) is 28.4 Å². The summed E-state index contributed by atoms with van der Waals surface area (Å²) in [5, 5.41) is 214. The van der Waals surface area contributed by atoms with Crippen LogP contribution in [0.15, 0.2) is 18.2 Å². The molecule has 30 nitrogen and oxygen atoms in total. The first kappa shape index (κ1) is 49.8. The normalized spacial score (nSPS) is 25.7. The number of hydrogen-bond donors (Lipinski definition) is 19. The maximum Gasteiger partial charge on any atom is 0.340 e. The molecule has 6 aliphatic heterocycles. The number of benzene rings is 5. The molecule has 7 unspecified atom stereocenters. The molecule has 0 spiro atoms. The van der Waals surface area contributed by atoms with E-state index in [0.29, 0.717) is 6.07 Å². The summed E-state index contributed by atoms with van der Waals surface area (Å²) in [6, 6.07) is 0.916. The van der Waals surface area contributed by atoms with Gasteiger partial charge in [0.15, 0.2) is 81.9 Å². The average molecular weight is 1070 g/mol. The summed E-state index contributed by atoms with van der Waals surface area (Å²) in [7, 11) is 0. The average Bonchev–Trinajstić information content (AvgIpc) is 3.53. The zero-order valence-corrected chi connectivity index (χ0v) is 37.3. The first-order valence-corrected chi connectivity index (χ1v) is 21.5. The van der Waals surface area contributed by atoms with Crippen LogP contribution in [0, 0.1) is 0 Å². The quantitative estimate of drug-likeness (QED) is 0.0553. The smallest absolute Gasteiger partial charge is 0.340 e. The Balaban J connectivity index is 1.39. The van der Waals surface area contributed by atoms with Crippen molar-refractivity contribution in [1.29, 1.82) is 0 Å². The number of aliphatic hydroxyl groups is 4. The van der Waals surface area contributed by atoms with Gasteiger partial charge in [-0.1, -0.05) is 0 Å². The van der Waals surface area contributed by atoms with Crippen LogP contribution in [0.25, 0.3) is 33.4 Å². The maximum atomic E-state index is 15.5. The predicted molar refractivity (Wildman–Crippen MR) is 233 cm³/mol. The first-order chi connectivity index (χ1) is 35.7. The third-order valence-electron chi connectivity index (χ3n) is 13.6. The van der Waals surface area contributed by atoms with Crippen molar-refractivity contribution in [2.45, 2.75) is 54.4 Å². The van der Waals surface area contributed by atoms with E-state index in [1.807, 2.05) is 0 Å². The van der Waals surface area contributed by atoms with Crippen molar-refractivity contribution in [2.24, 2.45) is 0 Å². The molecule has 0 aliphatic carbocycles. The van der Waals surface area contributed by atoms with Crippen LogP contribution in [0.5, 0.6) is 86.2 Å². The van der Waals surface area contributed by atoms with Gasteiger partial charge in [-0.3, -0.25) is 0 Å². The van der Waals surface area contributed by atoms with Gasteiger partial charge in [-0.25, -0.2) is 24.0 Å². The summed E-state index contributed by atoms with van der Waals surface area (Å²) in [6.07, 6.45) is -19.3. The molecule has 6 heterocycles. The zero-order valence-electron chi connectivity index (χ0n) is 37.3. The molecule has 11 rings (SSSR count). The minimum atomic E-state index is -3.72. The fourth-order valence-electron chi connectivity index (χ4n) is 9.99. The second kappa shape index (κ2) is 16.6. The lowest BCUT2D eigenvalue weighted by Crippen LogP contribution is -2.68. The van der Waals surface area contributed by atoms with Gasteiger partial charge in [-0.15, -0.1) is 0 Å². The summed E-state index contributed by atoms with van der Waals surface area (Å²) >= 11 is 0. The van der Waals surface area contributed by atoms with Crippen LogP contribution >= 0.6 is 0 Å². The van der Waals surface area contributed by atoms with E-state index in [2.05, 4.69) is 0 Å². The van der Waals surface area contributed by atoms with Crippen LogP contribution in [-0.4, -0.2) is 189 Å². The number of hydrogen-bond acceptors (Lipinski definition) is 30. The molecule has 30 heteroatoms. The van der Waals surface area contributed by atoms with Crippen molar-refractivity contribution in [3.63, 3.8) is 0 Å². The number of rotatable bonds is 1. The van der Waals surface area contributed by atoms with Crippen molar-refractivity contribution in [1.82, 2.24) is 0 Å². The van der Waals surface area contributed by atoms with Crippen LogP contribution in [0.2, 0.25) is 0 Å². The van der Waals surface area contributed by atoms with Crippen molar-refractivity contribution >= 4 is 29.8 Å². The summed E-state index contributed by atoms with van der Waals surface area (Å²) in [5.74, 6) is -40.7. The van der Waals surface area contributed by atoms with Gasteiger partial charge in [0.1, 0.15) is 24.9 Å². The SMILES string of the molecule is O=C1OCC2OC(=O)c3cc(O)c(O)c(O)c3-c3c(O)c(O)c(O)c4c3C(=O)OC(C2OC(=O)c2cc(O)c(O)c(O)c2-c2c1cc(O)c(O)c2O)C1OC(=O)c2c-4c(O)c(O)c(O)c2[C@@H]1[C@]1(O)OCC(O)C(O)C1O. The number of carbonyl (C=O) groups is 5. The lowest BCUT2D eigenvalue weighted by atomic mass is 9.71. The van der Waals surface area contributed by atoms with E-state index in [0.717, 1.165) is 0 Å². The Morgan fingerprint density at radius 1 is 0.395 bits per heavy atom. The molecule has 0 radical (unpaired) electrons. The number of fused-ring (bicyclic) bond motifs is 7. The Morgan fingerprint density at radius 3 is 1.32 bits per heavy atom. The summed E-state index contributed by atoms with van der Waals surface area (Å²) in [5.41, 5.74) is -16.3. The van der Waals surface area contributed by atoms with E-state index in [-0.39, 0.29) is 12.1 Å². The highest BCUT2D eigenvalue weighted by atomic mass is 16.7. The Morgan fingerprint density at radius 2 is 0.789 bits per heavy atom. The van der Waals surface area contributed by atoms with E-state index >= 15 is 9.59 Å². The van der Waals surface area contributed by atoms with Gasteiger partial charge in [-0.05, 0) is 18.2 Å². The molecular weight excluding hydrogens is 1030 g/mol. The molecule has 5 aromatic carbocycles. The Bertz CT molecular complexity index is 3510. The molecule has 1 saturated heterocycles. The van der Waals surface area contributed by atoms with Gasteiger partial charge in [0.05, 0.1) is 40.3 Å². The fraction of sp³-hybridized carbons (Fsp3) is 0.239. The third-order valence-corrected chi connectivity index (χ3v) is 13.6. The molecule has 5 aromatic rings. The highest BCUT2D eigenvalue weighted by Gasteiger charge is 2.65. The van der Waals surface area contributed by atoms with Crippen LogP contribution < -0.4 is 0 Å². The number of esters is 5. The topological polar surface area (TPSA) is 525 Å². The van der Waals surface area contributed by atoms with E-state index in [9.17, 15) is 111 Å². The minimum absolute atomic E-state index is 0.271. The standard InChI is InChI=1S/C46H34O30/c47-9-1-6-14(28(55)24(9)51)15-7(2-10(48)25(52)29(15)56)43(67)74-37-13(5-71-41(6)65)73-42(66)8-3-11(49)26(53)30(57)16(8)17-20-18(32(59)35(62)31(17)58)19-21-22(34(61)36(63)33(19)60)23(38(75-45(21)69)39(37)76-44(20)68)46(70)40(64)27(54)12(50)4-72-46/h1-3,12-13,23,27,37-40,47-64,70H,4-5H2/t12?,13?,23-,27?,37?,38?,39?,40?,46-/m0/s1. The first-order valence-electron chi connectivity index (χ1n) is 21.5. The largest absolute Gasteiger partial charge is 0.504 e. The number of aliphatic hydroxyl groups excluding tert-OH is 3. The second-order valence-electron chi connectivity index (χ2n) is 17.6. The van der Waals surface area contributed by atoms with Gasteiger partial charge >= 0.3 is 29.8 Å². The lowest BCUT2D eigenvalue weighted by molar-refractivity contribution is -0.341. The molecule has 398 valence electrons. The Labute approximate surface area is 417 Å². The molecule has 0 aromatic heterocycles. The van der Waals surface area contributed by atoms with Gasteiger partial charge in [0.25, 0.3) is 0 Å². The Kier molecular flexibility index (Phi) is 10.9. The van der Waals surface area contributed by atoms with Crippen molar-refractivity contribution in [2.75, 3.05) is 13.2 Å². The molecule has 0 amide bonds. The summed E-state index contributed by atoms with van der Waals surface area (Å²) in [4.78, 5) is 74.4. The van der Waals surface area contributed by atoms with Gasteiger partial charge < -0.3 is 125 Å². The predicted octanol–water partition coefficient (Wildman–Crippen LogP) is -0.830. The molecule has 0 saturated carbocycles. The minimum Gasteiger partial charge on any atom is -0.504 e. The zero-order chi connectivity index (χ0) is 55.4. The molecule has 76 heavy (non-hydrogen) atoms. The molecule has 19 N–H and O–H groups in total. The third kappa shape index (κ3) is 6.61. The Hall–Kier alpha value is -9.75. The van der Waals surface area contributed by atoms with E-state index in [1.54, 1.807) is 0 Å². The van der Waals surface area contributed by atoms with E-state index < -0.39 is 250 Å². The van der Waals surface area contributed by atoms with Crippen LogP contribution in [-0.2, 0) is 28.4 Å². The summed E-state index contributed by atoms with van der Waals surface area (Å²) < 4.78 is 34.0. The highest BCUT2D eigenvalue weighted by Crippen LogP contribution is 2.63. The lowest BCUT2D eigenvalue weighted by Gasteiger charge is -2.51. The van der Waals surface area contributed by atoms with Crippen molar-refractivity contribution in [3.05, 3.63) is 51.6 Å². The van der Waals surface area contributed by atoms with Crippen molar-refractivity contribution in [3.8, 4) is 120 Å². The number of cyclic esters (lactones) is 1. The molecular formula is C46H34O30. The highest BCUT2D eigenvalue weighted by molar-refractivity contribution is 6.16. The number of phenolic OH excluding ortho intramolecular Hbond substituents is 15. The molecule has 6 bridgehead atoms.